The average Bonchev–Trinajstić information content (AvgIpc) is 3.31. The fraction of sp³-hybridized carbons (Fsp3) is 0.938. The van der Waals surface area contributed by atoms with Gasteiger partial charge in [0.1, 0.15) is 5.54 Å². The quantitative estimate of drug-likeness (QED) is 0.684. The molecule has 5 nitrogen and oxygen atoms in total. The number of carbonyl (C=O) groups is 1. The zero-order chi connectivity index (χ0) is 15.3. The van der Waals surface area contributed by atoms with Crippen molar-refractivity contribution in [3.63, 3.8) is 0 Å². The number of esters is 1. The van der Waals surface area contributed by atoms with Crippen molar-refractivity contribution in [2.24, 2.45) is 11.8 Å². The highest BCUT2D eigenvalue weighted by molar-refractivity contribution is 5.82. The Kier molecular flexibility index (Phi) is 6.02. The fourth-order valence-corrected chi connectivity index (χ4v) is 3.59. The second-order valence-electron chi connectivity index (χ2n) is 6.55. The van der Waals surface area contributed by atoms with Crippen LogP contribution in [0.2, 0.25) is 0 Å². The number of carbonyl (C=O) groups excluding carboxylic acids is 1. The molecule has 1 saturated heterocycles. The van der Waals surface area contributed by atoms with E-state index in [4.69, 9.17) is 9.47 Å². The molecule has 5 heteroatoms. The largest absolute Gasteiger partial charge is 0.468 e. The van der Waals surface area contributed by atoms with Gasteiger partial charge in [-0.15, -0.1) is 0 Å². The Bertz CT molecular complexity index is 340. The Morgan fingerprint density at radius 2 is 2.19 bits per heavy atom. The van der Waals surface area contributed by atoms with Crippen molar-refractivity contribution >= 4 is 5.97 Å². The number of likely N-dealkylation sites (N-methyl/N-ethyl adjacent to an activating group) is 2. The predicted octanol–water partition coefficient (Wildman–Crippen LogP) is 1.28. The first kappa shape index (κ1) is 16.7. The van der Waals surface area contributed by atoms with E-state index in [9.17, 15) is 4.79 Å². The van der Waals surface area contributed by atoms with Crippen LogP contribution < -0.4 is 5.32 Å². The number of hydrogen-bond donors (Lipinski definition) is 1. The number of hydrogen-bond acceptors (Lipinski definition) is 5. The molecule has 2 fully saturated rings. The highest BCUT2D eigenvalue weighted by atomic mass is 16.5. The topological polar surface area (TPSA) is 50.8 Å². The second kappa shape index (κ2) is 7.56. The number of methoxy groups -OCH3 is 1. The molecule has 0 spiro atoms. The molecule has 0 aromatic rings. The van der Waals surface area contributed by atoms with E-state index in [1.54, 1.807) is 0 Å². The number of ether oxygens (including phenoxy) is 2. The summed E-state index contributed by atoms with van der Waals surface area (Å²) in [5.41, 5.74) is -0.534. The van der Waals surface area contributed by atoms with E-state index in [-0.39, 0.29) is 5.97 Å². The molecule has 2 rings (SSSR count). The Morgan fingerprint density at radius 1 is 1.43 bits per heavy atom. The zero-order valence-corrected chi connectivity index (χ0v) is 13.7. The molecule has 21 heavy (non-hydrogen) atoms. The van der Waals surface area contributed by atoms with Crippen molar-refractivity contribution in [1.29, 1.82) is 0 Å². The summed E-state index contributed by atoms with van der Waals surface area (Å²) in [4.78, 5) is 14.7. The van der Waals surface area contributed by atoms with Crippen LogP contribution in [0.25, 0.3) is 0 Å². The van der Waals surface area contributed by atoms with Crippen LogP contribution in [0.15, 0.2) is 0 Å². The molecule has 2 aliphatic rings. The standard InChI is InChI=1S/C16H30N2O3/c1-4-17-16(14-7-8-14,15(19)20-3)12-18(2)10-13-6-5-9-21-11-13/h13-14,17H,4-12H2,1-3H3. The third-order valence-electron chi connectivity index (χ3n) is 4.66. The summed E-state index contributed by atoms with van der Waals surface area (Å²) >= 11 is 0. The molecule has 122 valence electrons. The van der Waals surface area contributed by atoms with Crippen LogP contribution in [0.1, 0.15) is 32.6 Å². The average molecular weight is 298 g/mol. The van der Waals surface area contributed by atoms with Crippen LogP contribution in [-0.2, 0) is 14.3 Å². The SMILES string of the molecule is CCNC(CN(C)CC1CCCOC1)(C(=O)OC)C1CC1. The first-order valence-electron chi connectivity index (χ1n) is 8.22. The molecule has 0 aromatic heterocycles. The number of nitrogens with one attached hydrogen (secondary N) is 1. The van der Waals surface area contributed by atoms with Gasteiger partial charge in [0.15, 0.2) is 0 Å². The Labute approximate surface area is 128 Å². The van der Waals surface area contributed by atoms with Crippen molar-refractivity contribution < 1.29 is 14.3 Å². The maximum absolute atomic E-state index is 12.4. The molecule has 0 aromatic carbocycles. The van der Waals surface area contributed by atoms with Gasteiger partial charge in [0.25, 0.3) is 0 Å². The monoisotopic (exact) mass is 298 g/mol. The molecule has 1 heterocycles. The summed E-state index contributed by atoms with van der Waals surface area (Å²) in [6, 6.07) is 0. The first-order chi connectivity index (χ1) is 10.1. The molecule has 1 aliphatic heterocycles. The molecule has 0 amide bonds. The highest BCUT2D eigenvalue weighted by Crippen LogP contribution is 2.41. The van der Waals surface area contributed by atoms with Crippen molar-refractivity contribution in [3.05, 3.63) is 0 Å². The minimum atomic E-state index is -0.534. The van der Waals surface area contributed by atoms with E-state index in [0.29, 0.717) is 18.4 Å². The van der Waals surface area contributed by atoms with E-state index in [0.717, 1.165) is 45.6 Å². The van der Waals surface area contributed by atoms with Gasteiger partial charge in [-0.2, -0.15) is 0 Å². The van der Waals surface area contributed by atoms with Gasteiger partial charge in [0, 0.05) is 19.7 Å². The molecule has 1 aliphatic carbocycles. The van der Waals surface area contributed by atoms with Crippen LogP contribution in [0.4, 0.5) is 0 Å². The summed E-state index contributed by atoms with van der Waals surface area (Å²) in [6.45, 7) is 6.28. The highest BCUT2D eigenvalue weighted by Gasteiger charge is 2.52. The maximum Gasteiger partial charge on any atom is 0.327 e. The second-order valence-corrected chi connectivity index (χ2v) is 6.55. The van der Waals surface area contributed by atoms with E-state index in [2.05, 4.69) is 24.2 Å². The molecule has 1 saturated carbocycles. The molecule has 1 N–H and O–H groups in total. The van der Waals surface area contributed by atoms with Gasteiger partial charge >= 0.3 is 5.97 Å². The molecule has 0 radical (unpaired) electrons. The Hall–Kier alpha value is -0.650. The van der Waals surface area contributed by atoms with Gasteiger partial charge in [-0.3, -0.25) is 0 Å². The van der Waals surface area contributed by atoms with Crippen LogP contribution in [0.3, 0.4) is 0 Å². The third kappa shape index (κ3) is 4.18. The maximum atomic E-state index is 12.4. The van der Waals surface area contributed by atoms with Crippen molar-refractivity contribution in [2.45, 2.75) is 38.1 Å². The van der Waals surface area contributed by atoms with Gasteiger partial charge < -0.3 is 19.7 Å². The summed E-state index contributed by atoms with van der Waals surface area (Å²) in [6.07, 6.45) is 4.60. The van der Waals surface area contributed by atoms with E-state index < -0.39 is 5.54 Å². The molecule has 2 atom stereocenters. The zero-order valence-electron chi connectivity index (χ0n) is 13.7. The van der Waals surface area contributed by atoms with Crippen LogP contribution in [0, 0.1) is 11.8 Å². The summed E-state index contributed by atoms with van der Waals surface area (Å²) in [7, 11) is 3.60. The van der Waals surface area contributed by atoms with Gasteiger partial charge in [0.2, 0.25) is 0 Å². The summed E-state index contributed by atoms with van der Waals surface area (Å²) < 4.78 is 10.7. The fourth-order valence-electron chi connectivity index (χ4n) is 3.59. The predicted molar refractivity (Wildman–Crippen MR) is 82.2 cm³/mol. The van der Waals surface area contributed by atoms with Crippen molar-refractivity contribution in [1.82, 2.24) is 10.2 Å². The Morgan fingerprint density at radius 3 is 2.71 bits per heavy atom. The van der Waals surface area contributed by atoms with Crippen LogP contribution in [-0.4, -0.2) is 63.4 Å². The lowest BCUT2D eigenvalue weighted by Gasteiger charge is -2.37. The third-order valence-corrected chi connectivity index (χ3v) is 4.66. The van der Waals surface area contributed by atoms with Gasteiger partial charge in [0.05, 0.1) is 13.7 Å². The number of rotatable bonds is 8. The van der Waals surface area contributed by atoms with Gasteiger partial charge in [-0.05, 0) is 51.1 Å². The summed E-state index contributed by atoms with van der Waals surface area (Å²) in [5, 5.41) is 3.43. The van der Waals surface area contributed by atoms with Crippen molar-refractivity contribution in [3.8, 4) is 0 Å². The molecular formula is C16H30N2O3. The van der Waals surface area contributed by atoms with Gasteiger partial charge in [-0.1, -0.05) is 6.92 Å². The molecular weight excluding hydrogens is 268 g/mol. The minimum Gasteiger partial charge on any atom is -0.468 e. The Balaban J connectivity index is 1.97. The molecule has 0 bridgehead atoms. The van der Waals surface area contributed by atoms with E-state index in [1.165, 1.54) is 13.5 Å². The minimum absolute atomic E-state index is 0.112. The molecule has 2 unspecified atom stereocenters. The lowest BCUT2D eigenvalue weighted by Crippen LogP contribution is -2.61. The van der Waals surface area contributed by atoms with E-state index in [1.807, 2.05) is 0 Å². The summed E-state index contributed by atoms with van der Waals surface area (Å²) in [5.74, 6) is 0.883. The normalized spacial score (nSPS) is 25.6. The van der Waals surface area contributed by atoms with Crippen LogP contribution >= 0.6 is 0 Å². The van der Waals surface area contributed by atoms with Crippen LogP contribution in [0.5, 0.6) is 0 Å². The van der Waals surface area contributed by atoms with Crippen molar-refractivity contribution in [2.75, 3.05) is 47.0 Å². The first-order valence-corrected chi connectivity index (χ1v) is 8.22. The van der Waals surface area contributed by atoms with E-state index >= 15 is 0 Å². The lowest BCUT2D eigenvalue weighted by atomic mass is 9.91. The number of nitrogens with zero attached hydrogens (tertiary/aromatic N) is 1. The van der Waals surface area contributed by atoms with Gasteiger partial charge in [-0.25, -0.2) is 4.79 Å². The lowest BCUT2D eigenvalue weighted by molar-refractivity contribution is -0.150. The smallest absolute Gasteiger partial charge is 0.327 e.